The Morgan fingerprint density at radius 3 is 2.61 bits per heavy atom. The fourth-order valence-electron chi connectivity index (χ4n) is 2.03. The minimum atomic E-state index is -1.000. The van der Waals surface area contributed by atoms with Gasteiger partial charge >= 0.3 is 0 Å². The van der Waals surface area contributed by atoms with E-state index in [1.54, 1.807) is 30.3 Å². The van der Waals surface area contributed by atoms with Crippen molar-refractivity contribution in [2.45, 2.75) is 6.10 Å². The standard InChI is InChI=1S/C12H8N2O4/c15-9(6-4-2-1-3-5-6)8-7-10(18-14-8)12(17)13-11(7)16/h1-5,7,10H,(H,13,16,17). The molecule has 18 heavy (non-hydrogen) atoms. The van der Waals surface area contributed by atoms with Crippen LogP contribution in [-0.4, -0.2) is 29.4 Å². The maximum absolute atomic E-state index is 12.1. The highest BCUT2D eigenvalue weighted by Crippen LogP contribution is 2.25. The van der Waals surface area contributed by atoms with E-state index in [1.165, 1.54) is 0 Å². The van der Waals surface area contributed by atoms with Crippen LogP contribution in [0.5, 0.6) is 0 Å². The predicted octanol–water partition coefficient (Wildman–Crippen LogP) is -0.103. The van der Waals surface area contributed by atoms with Gasteiger partial charge in [-0.15, -0.1) is 0 Å². The first-order valence-corrected chi connectivity index (χ1v) is 5.36. The highest BCUT2D eigenvalue weighted by atomic mass is 16.6. The van der Waals surface area contributed by atoms with Crippen molar-refractivity contribution in [3.63, 3.8) is 0 Å². The Labute approximate surface area is 102 Å². The van der Waals surface area contributed by atoms with Crippen LogP contribution in [0.4, 0.5) is 0 Å². The van der Waals surface area contributed by atoms with Gasteiger partial charge in [-0.1, -0.05) is 35.5 Å². The Bertz CT molecular complexity index is 579. The van der Waals surface area contributed by atoms with E-state index in [9.17, 15) is 14.4 Å². The van der Waals surface area contributed by atoms with Gasteiger partial charge in [0.2, 0.25) is 17.8 Å². The lowest BCUT2D eigenvalue weighted by Gasteiger charge is -2.04. The third-order valence-corrected chi connectivity index (χ3v) is 2.92. The molecule has 0 aromatic heterocycles. The van der Waals surface area contributed by atoms with Crippen molar-refractivity contribution < 1.29 is 19.2 Å². The molecule has 0 saturated carbocycles. The Morgan fingerprint density at radius 1 is 1.17 bits per heavy atom. The molecule has 0 bridgehead atoms. The van der Waals surface area contributed by atoms with E-state index in [2.05, 4.69) is 10.5 Å². The van der Waals surface area contributed by atoms with E-state index in [-0.39, 0.29) is 5.71 Å². The second-order valence-electron chi connectivity index (χ2n) is 4.03. The average Bonchev–Trinajstić information content (AvgIpc) is 2.93. The van der Waals surface area contributed by atoms with Gasteiger partial charge in [0.05, 0.1) is 0 Å². The Hall–Kier alpha value is -2.50. The van der Waals surface area contributed by atoms with Crippen LogP contribution in [0.1, 0.15) is 10.4 Å². The van der Waals surface area contributed by atoms with Crippen LogP contribution >= 0.6 is 0 Å². The summed E-state index contributed by atoms with van der Waals surface area (Å²) in [6.07, 6.45) is -1.000. The molecule has 2 amide bonds. The summed E-state index contributed by atoms with van der Waals surface area (Å²) in [5.74, 6) is -2.41. The van der Waals surface area contributed by atoms with Crippen LogP contribution in [0, 0.1) is 5.92 Å². The first-order valence-electron chi connectivity index (χ1n) is 5.36. The number of fused-ring (bicyclic) bond motifs is 1. The summed E-state index contributed by atoms with van der Waals surface area (Å²) < 4.78 is 0. The van der Waals surface area contributed by atoms with Crippen molar-refractivity contribution in [2.75, 3.05) is 0 Å². The molecular formula is C12H8N2O4. The lowest BCUT2D eigenvalue weighted by Crippen LogP contribution is -2.31. The summed E-state index contributed by atoms with van der Waals surface area (Å²) in [6.45, 7) is 0. The molecule has 1 saturated heterocycles. The van der Waals surface area contributed by atoms with Gasteiger partial charge in [-0.25, -0.2) is 0 Å². The van der Waals surface area contributed by atoms with Crippen LogP contribution in [0.2, 0.25) is 0 Å². The largest absolute Gasteiger partial charge is 0.381 e. The molecule has 6 nitrogen and oxygen atoms in total. The van der Waals surface area contributed by atoms with Crippen molar-refractivity contribution in [1.82, 2.24) is 5.32 Å². The van der Waals surface area contributed by atoms with E-state index < -0.39 is 29.6 Å². The molecule has 2 unspecified atom stereocenters. The second-order valence-corrected chi connectivity index (χ2v) is 4.03. The monoisotopic (exact) mass is 244 g/mol. The zero-order chi connectivity index (χ0) is 12.7. The highest BCUT2D eigenvalue weighted by Gasteiger charge is 2.52. The molecule has 6 heteroatoms. The highest BCUT2D eigenvalue weighted by molar-refractivity contribution is 6.51. The zero-order valence-electron chi connectivity index (χ0n) is 9.12. The molecule has 2 aliphatic rings. The van der Waals surface area contributed by atoms with E-state index in [1.807, 2.05) is 0 Å². The number of nitrogens with zero attached hydrogens (tertiary/aromatic N) is 1. The summed E-state index contributed by atoms with van der Waals surface area (Å²) in [6, 6.07) is 8.43. The number of Topliss-reactive ketones (excluding diaryl/α,β-unsaturated/α-hetero) is 1. The van der Waals surface area contributed by atoms with Gasteiger partial charge in [0, 0.05) is 5.56 Å². The molecule has 1 aromatic carbocycles. The van der Waals surface area contributed by atoms with Gasteiger partial charge < -0.3 is 4.84 Å². The van der Waals surface area contributed by atoms with Crippen LogP contribution in [0.25, 0.3) is 0 Å². The number of imide groups is 1. The molecule has 0 radical (unpaired) electrons. The number of ketones is 1. The van der Waals surface area contributed by atoms with Crippen molar-refractivity contribution in [3.8, 4) is 0 Å². The molecule has 1 fully saturated rings. The Morgan fingerprint density at radius 2 is 1.89 bits per heavy atom. The van der Waals surface area contributed by atoms with Crippen molar-refractivity contribution in [1.29, 1.82) is 0 Å². The summed E-state index contributed by atoms with van der Waals surface area (Å²) in [5.41, 5.74) is 0.391. The van der Waals surface area contributed by atoms with E-state index in [4.69, 9.17) is 4.84 Å². The lowest BCUT2D eigenvalue weighted by atomic mass is 9.93. The Kier molecular flexibility index (Phi) is 2.22. The molecular weight excluding hydrogens is 236 g/mol. The first-order chi connectivity index (χ1) is 8.68. The third kappa shape index (κ3) is 1.42. The molecule has 2 atom stereocenters. The van der Waals surface area contributed by atoms with Crippen LogP contribution in [0.3, 0.4) is 0 Å². The summed E-state index contributed by atoms with van der Waals surface area (Å²) in [7, 11) is 0. The maximum Gasteiger partial charge on any atom is 0.271 e. The van der Waals surface area contributed by atoms with Gasteiger partial charge in [0.1, 0.15) is 11.6 Å². The fourth-order valence-corrected chi connectivity index (χ4v) is 2.03. The number of carbonyl (C=O) groups is 3. The number of amides is 2. The van der Waals surface area contributed by atoms with Gasteiger partial charge in [0.15, 0.2) is 0 Å². The quantitative estimate of drug-likeness (QED) is 0.581. The number of hydrogen-bond donors (Lipinski definition) is 1. The van der Waals surface area contributed by atoms with Crippen molar-refractivity contribution in [3.05, 3.63) is 35.9 Å². The van der Waals surface area contributed by atoms with Gasteiger partial charge in [0.25, 0.3) is 5.91 Å². The third-order valence-electron chi connectivity index (χ3n) is 2.92. The second kappa shape index (κ2) is 3.76. The molecule has 2 heterocycles. The molecule has 0 spiro atoms. The Balaban J connectivity index is 1.93. The summed E-state index contributed by atoms with van der Waals surface area (Å²) in [4.78, 5) is 39.9. The molecule has 90 valence electrons. The molecule has 2 aliphatic heterocycles. The van der Waals surface area contributed by atoms with Gasteiger partial charge in [-0.2, -0.15) is 0 Å². The van der Waals surface area contributed by atoms with Gasteiger partial charge in [-0.3, -0.25) is 19.7 Å². The number of nitrogens with one attached hydrogen (secondary N) is 1. The van der Waals surface area contributed by atoms with Crippen LogP contribution in [-0.2, 0) is 14.4 Å². The van der Waals surface area contributed by atoms with Crippen LogP contribution < -0.4 is 5.32 Å². The summed E-state index contributed by atoms with van der Waals surface area (Å²) in [5, 5.41) is 5.70. The lowest BCUT2D eigenvalue weighted by molar-refractivity contribution is -0.129. The normalized spacial score (nSPS) is 25.2. The number of hydrogen-bond acceptors (Lipinski definition) is 5. The van der Waals surface area contributed by atoms with Crippen molar-refractivity contribution in [2.24, 2.45) is 11.1 Å². The minimum Gasteiger partial charge on any atom is -0.381 e. The van der Waals surface area contributed by atoms with Crippen LogP contribution in [0.15, 0.2) is 35.5 Å². The maximum atomic E-state index is 12.1. The van der Waals surface area contributed by atoms with Crippen molar-refractivity contribution >= 4 is 23.3 Å². The average molecular weight is 244 g/mol. The smallest absolute Gasteiger partial charge is 0.271 e. The van der Waals surface area contributed by atoms with E-state index >= 15 is 0 Å². The first kappa shape index (κ1) is 10.6. The molecule has 0 aliphatic carbocycles. The minimum absolute atomic E-state index is 0.0189. The molecule has 1 aromatic rings. The predicted molar refractivity (Wildman–Crippen MR) is 59.7 cm³/mol. The number of carbonyl (C=O) groups excluding carboxylic acids is 3. The van der Waals surface area contributed by atoms with Gasteiger partial charge in [-0.05, 0) is 0 Å². The number of oxime groups is 1. The summed E-state index contributed by atoms with van der Waals surface area (Å²) >= 11 is 0. The van der Waals surface area contributed by atoms with E-state index in [0.717, 1.165) is 0 Å². The number of rotatable bonds is 2. The number of benzene rings is 1. The molecule has 1 N–H and O–H groups in total. The topological polar surface area (TPSA) is 84.8 Å². The fraction of sp³-hybridized carbons (Fsp3) is 0.167. The molecule has 3 rings (SSSR count). The zero-order valence-corrected chi connectivity index (χ0v) is 9.12. The SMILES string of the molecule is O=C(C1=NOC2C(=O)NC(=O)C12)c1ccccc1. The van der Waals surface area contributed by atoms with E-state index in [0.29, 0.717) is 5.56 Å².